The lowest BCUT2D eigenvalue weighted by Gasteiger charge is -2.11. The second-order valence-corrected chi connectivity index (χ2v) is 8.11. The van der Waals surface area contributed by atoms with Gasteiger partial charge in [0, 0.05) is 32.1 Å². The number of carbonyl (C=O) groups is 1. The van der Waals surface area contributed by atoms with Crippen molar-refractivity contribution in [2.45, 2.75) is 0 Å². The average Bonchev–Trinajstić information content (AvgIpc) is 3.01. The summed E-state index contributed by atoms with van der Waals surface area (Å²) in [5.74, 6) is 0.754. The molecule has 0 atom stereocenters. The Hall–Kier alpha value is -1.44. The fourth-order valence-electron chi connectivity index (χ4n) is 2.04. The van der Waals surface area contributed by atoms with Crippen LogP contribution in [0.1, 0.15) is 9.67 Å². The van der Waals surface area contributed by atoms with Gasteiger partial charge in [0.2, 0.25) is 0 Å². The highest BCUT2D eigenvalue weighted by Gasteiger charge is 2.27. The molecule has 1 heterocycles. The smallest absolute Gasteiger partial charge is 0.337 e. The molecule has 7 nitrogen and oxygen atoms in total. The molecule has 1 aromatic carbocycles. The van der Waals surface area contributed by atoms with Gasteiger partial charge in [-0.25, -0.2) is 0 Å². The molecule has 0 bridgehead atoms. The molecular weight excluding hydrogens is 355 g/mol. The molecule has 24 heavy (non-hydrogen) atoms. The molecule has 0 amide bonds. The highest BCUT2D eigenvalue weighted by atomic mass is 32.1. The van der Waals surface area contributed by atoms with Crippen LogP contribution in [0.3, 0.4) is 0 Å². The predicted octanol–water partition coefficient (Wildman–Crippen LogP) is 3.56. The van der Waals surface area contributed by atoms with Gasteiger partial charge < -0.3 is 23.3 Å². The van der Waals surface area contributed by atoms with Gasteiger partial charge in [0.25, 0.3) is 0 Å². The minimum absolute atomic E-state index is 0.0860. The third kappa shape index (κ3) is 4.15. The number of Topliss-reactive ketones (excluding diaryl/α,β-unsaturated/α-hetero) is 1. The number of rotatable bonds is 9. The van der Waals surface area contributed by atoms with E-state index in [0.717, 1.165) is 10.1 Å². The van der Waals surface area contributed by atoms with Crippen molar-refractivity contribution in [2.24, 2.45) is 0 Å². The van der Waals surface area contributed by atoms with Gasteiger partial charge in [-0.15, -0.1) is 11.3 Å². The van der Waals surface area contributed by atoms with E-state index in [1.54, 1.807) is 18.2 Å². The second-order valence-electron chi connectivity index (χ2n) is 4.76. The van der Waals surface area contributed by atoms with Crippen LogP contribution < -0.4 is 9.47 Å². The largest absolute Gasteiger partial charge is 0.493 e. The van der Waals surface area contributed by atoms with Crippen molar-refractivity contribution in [1.82, 2.24) is 0 Å². The molecule has 0 saturated heterocycles. The minimum Gasteiger partial charge on any atom is -0.493 e. The fourth-order valence-corrected chi connectivity index (χ4v) is 4.08. The van der Waals surface area contributed by atoms with Crippen molar-refractivity contribution in [1.29, 1.82) is 0 Å². The molecule has 0 fully saturated rings. The summed E-state index contributed by atoms with van der Waals surface area (Å²) in [5, 5.41) is 0.819. The van der Waals surface area contributed by atoms with Gasteiger partial charge in [-0.3, -0.25) is 9.36 Å². The number of benzene rings is 1. The number of hydrogen-bond acceptors (Lipinski definition) is 8. The van der Waals surface area contributed by atoms with Gasteiger partial charge in [-0.2, -0.15) is 0 Å². The van der Waals surface area contributed by atoms with Crippen molar-refractivity contribution < 1.29 is 32.6 Å². The number of methoxy groups -OCH3 is 2. The predicted molar refractivity (Wildman–Crippen MR) is 91.7 cm³/mol. The summed E-state index contributed by atoms with van der Waals surface area (Å²) in [5.41, 5.74) is 0. The van der Waals surface area contributed by atoms with Crippen molar-refractivity contribution in [2.75, 3.05) is 41.4 Å². The Morgan fingerprint density at radius 2 is 1.79 bits per heavy atom. The van der Waals surface area contributed by atoms with Crippen LogP contribution in [0.25, 0.3) is 10.1 Å². The molecule has 2 rings (SSSR count). The van der Waals surface area contributed by atoms with Gasteiger partial charge in [0.1, 0.15) is 6.16 Å². The Morgan fingerprint density at radius 3 is 2.38 bits per heavy atom. The quantitative estimate of drug-likeness (QED) is 0.377. The lowest BCUT2D eigenvalue weighted by Crippen LogP contribution is -2.06. The zero-order valence-electron chi connectivity index (χ0n) is 13.9. The van der Waals surface area contributed by atoms with Crippen LogP contribution >= 0.6 is 18.9 Å². The maximum atomic E-state index is 12.4. The van der Waals surface area contributed by atoms with E-state index in [1.165, 1.54) is 39.8 Å². The van der Waals surface area contributed by atoms with E-state index in [1.807, 2.05) is 0 Å². The van der Waals surface area contributed by atoms with E-state index in [0.29, 0.717) is 16.4 Å². The standard InChI is InChI=1S/C15H19O7PS/c1-18-9-22-13-5-10-6-15(24-14(10)7-12(13)19-2)11(16)8-23(17,20-3)21-4/h5-7H,8-9H2,1-4H3. The summed E-state index contributed by atoms with van der Waals surface area (Å²) >= 11 is 1.28. The monoisotopic (exact) mass is 374 g/mol. The number of hydrogen-bond donors (Lipinski definition) is 0. The number of fused-ring (bicyclic) bond motifs is 1. The number of ketones is 1. The first-order valence-electron chi connectivity index (χ1n) is 6.93. The summed E-state index contributed by atoms with van der Waals surface area (Å²) in [7, 11) is 2.18. The molecule has 0 aliphatic heterocycles. The van der Waals surface area contributed by atoms with Crippen molar-refractivity contribution in [3.63, 3.8) is 0 Å². The van der Waals surface area contributed by atoms with E-state index >= 15 is 0 Å². The summed E-state index contributed by atoms with van der Waals surface area (Å²) in [6, 6.07) is 5.28. The molecule has 0 N–H and O–H groups in total. The Morgan fingerprint density at radius 1 is 1.08 bits per heavy atom. The Kier molecular flexibility index (Phi) is 6.37. The van der Waals surface area contributed by atoms with E-state index < -0.39 is 7.60 Å². The first kappa shape index (κ1) is 18.9. The molecule has 0 unspecified atom stereocenters. The summed E-state index contributed by atoms with van der Waals surface area (Å²) in [4.78, 5) is 12.8. The molecular formula is C15H19O7PS. The van der Waals surface area contributed by atoms with Crippen molar-refractivity contribution in [3.8, 4) is 11.5 Å². The summed E-state index contributed by atoms with van der Waals surface area (Å²) in [6.07, 6.45) is -0.309. The molecule has 1 aromatic heterocycles. The van der Waals surface area contributed by atoms with Crippen molar-refractivity contribution >= 4 is 34.8 Å². The van der Waals surface area contributed by atoms with E-state index in [9.17, 15) is 9.36 Å². The van der Waals surface area contributed by atoms with E-state index in [-0.39, 0.29) is 18.7 Å². The molecule has 0 aliphatic rings. The average molecular weight is 374 g/mol. The number of ether oxygens (including phenoxy) is 3. The molecule has 0 spiro atoms. The van der Waals surface area contributed by atoms with Gasteiger partial charge in [0.05, 0.1) is 12.0 Å². The van der Waals surface area contributed by atoms with Crippen LogP contribution in [0.2, 0.25) is 0 Å². The fraction of sp³-hybridized carbons (Fsp3) is 0.400. The van der Waals surface area contributed by atoms with Crippen LogP contribution in [0.4, 0.5) is 0 Å². The normalized spacial score (nSPS) is 11.7. The summed E-state index contributed by atoms with van der Waals surface area (Å²) < 4.78 is 38.2. The van der Waals surface area contributed by atoms with Crippen LogP contribution in [0, 0.1) is 0 Å². The Bertz CT molecular complexity index is 763. The lowest BCUT2D eigenvalue weighted by molar-refractivity contribution is 0.0493. The first-order chi connectivity index (χ1) is 11.5. The van der Waals surface area contributed by atoms with Gasteiger partial charge >= 0.3 is 7.60 Å². The molecule has 132 valence electrons. The van der Waals surface area contributed by atoms with E-state index in [2.05, 4.69) is 0 Å². The maximum absolute atomic E-state index is 12.4. The number of thiophene rings is 1. The molecule has 0 radical (unpaired) electrons. The van der Waals surface area contributed by atoms with Gasteiger partial charge in [-0.1, -0.05) is 0 Å². The van der Waals surface area contributed by atoms with Crippen LogP contribution in [0.15, 0.2) is 18.2 Å². The van der Waals surface area contributed by atoms with Crippen LogP contribution in [0.5, 0.6) is 11.5 Å². The third-order valence-electron chi connectivity index (χ3n) is 3.30. The maximum Gasteiger partial charge on any atom is 0.337 e. The zero-order valence-corrected chi connectivity index (χ0v) is 15.6. The lowest BCUT2D eigenvalue weighted by atomic mass is 10.2. The van der Waals surface area contributed by atoms with Gasteiger partial charge in [-0.05, 0) is 17.5 Å². The molecule has 0 aliphatic carbocycles. The van der Waals surface area contributed by atoms with Gasteiger partial charge in [0.15, 0.2) is 24.1 Å². The van der Waals surface area contributed by atoms with Crippen molar-refractivity contribution in [3.05, 3.63) is 23.1 Å². The topological polar surface area (TPSA) is 80.3 Å². The molecule has 2 aromatic rings. The Balaban J connectivity index is 2.33. The second kappa shape index (κ2) is 8.09. The SMILES string of the molecule is COCOc1cc2cc(C(=O)CP(=O)(OC)OC)sc2cc1OC. The highest BCUT2D eigenvalue weighted by Crippen LogP contribution is 2.47. The third-order valence-corrected chi connectivity index (χ3v) is 6.23. The van der Waals surface area contributed by atoms with Crippen LogP contribution in [-0.2, 0) is 18.3 Å². The number of carbonyl (C=O) groups excluding carboxylic acids is 1. The molecule has 0 saturated carbocycles. The van der Waals surface area contributed by atoms with Crippen LogP contribution in [-0.4, -0.2) is 47.2 Å². The Labute approximate surface area is 144 Å². The first-order valence-corrected chi connectivity index (χ1v) is 9.47. The highest BCUT2D eigenvalue weighted by molar-refractivity contribution is 7.55. The molecule has 9 heteroatoms. The zero-order chi connectivity index (χ0) is 17.7. The van der Waals surface area contributed by atoms with E-state index in [4.69, 9.17) is 23.3 Å². The minimum atomic E-state index is -3.39. The summed E-state index contributed by atoms with van der Waals surface area (Å²) in [6.45, 7) is 0.0860.